The number of esters is 2. The van der Waals surface area contributed by atoms with Crippen LogP contribution in [-0.4, -0.2) is 94.2 Å². The van der Waals surface area contributed by atoms with Crippen molar-refractivity contribution in [2.45, 2.75) is 194 Å². The number of nitrogens with one attached hydrogen (secondary N) is 1. The van der Waals surface area contributed by atoms with Gasteiger partial charge < -0.3 is 29.5 Å². The number of ether oxygens (including phenoxy) is 2. The third kappa shape index (κ3) is 21.9. The van der Waals surface area contributed by atoms with Gasteiger partial charge in [0.15, 0.2) is 0 Å². The van der Waals surface area contributed by atoms with Crippen LogP contribution in [0.1, 0.15) is 194 Å². The molecule has 1 heterocycles. The monoisotopic (exact) mass is 831 g/mol. The Morgan fingerprint density at radius 2 is 1.02 bits per heavy atom. The molecule has 1 N–H and O–H groups in total. The zero-order chi connectivity index (χ0) is 43.1. The molecule has 0 saturated carbocycles. The molecule has 0 aromatic heterocycles. The van der Waals surface area contributed by atoms with E-state index < -0.39 is 16.3 Å². The molecule has 1 saturated heterocycles. The number of unbranched alkanes of at least 4 members (excludes halogenated alkanes) is 18. The highest BCUT2D eigenvalue weighted by Gasteiger charge is 2.38. The highest BCUT2D eigenvalue weighted by atomic mass is 16.5. The number of anilines is 2. The van der Waals surface area contributed by atoms with Crippen molar-refractivity contribution in [1.82, 2.24) is 9.80 Å². The Morgan fingerprint density at radius 1 is 0.576 bits per heavy atom. The molecule has 0 radical (unpaired) electrons. The third-order valence-corrected chi connectivity index (χ3v) is 12.2. The Labute approximate surface area is 358 Å². The Morgan fingerprint density at radius 3 is 1.49 bits per heavy atom. The Bertz CT molecular complexity index is 1310. The van der Waals surface area contributed by atoms with Crippen LogP contribution in [0.5, 0.6) is 0 Å². The molecule has 11 heteroatoms. The molecule has 0 aliphatic carbocycles. The van der Waals surface area contributed by atoms with Gasteiger partial charge in [-0.3, -0.25) is 24.0 Å². The number of rotatable bonds is 37. The van der Waals surface area contributed by atoms with Crippen LogP contribution in [0.2, 0.25) is 0 Å². The van der Waals surface area contributed by atoms with Gasteiger partial charge in [0.1, 0.15) is 24.6 Å². The summed E-state index contributed by atoms with van der Waals surface area (Å²) in [5.41, 5.74) is -0.555. The molecule has 1 aromatic rings. The quantitative estimate of drug-likeness (QED) is 0.0394. The van der Waals surface area contributed by atoms with E-state index in [-0.39, 0.29) is 31.1 Å². The second-order valence-electron chi connectivity index (χ2n) is 17.7. The molecule has 1 aromatic carbocycles. The molecule has 11 nitrogen and oxygen atoms in total. The minimum Gasteiger partial charge on any atom is -0.465 e. The van der Waals surface area contributed by atoms with Crippen molar-refractivity contribution in [1.29, 1.82) is 0 Å². The summed E-state index contributed by atoms with van der Waals surface area (Å²) in [5, 5.41) is 3.16. The Hall–Kier alpha value is -2.95. The lowest BCUT2D eigenvalue weighted by Crippen LogP contribution is -2.48. The van der Waals surface area contributed by atoms with Gasteiger partial charge in [-0.05, 0) is 51.6 Å². The van der Waals surface area contributed by atoms with Crippen LogP contribution in [-0.2, 0) is 23.9 Å². The SMILES string of the molecule is CCCCCCCCCCCC(=O)OCC1(COC(=O)CCCCCCCCCCC)CCN(C(=O)CCN(CCCCC)CCCNc2c(N(C)C)c(=O)c2=O)CC1. The van der Waals surface area contributed by atoms with E-state index in [4.69, 9.17) is 9.47 Å². The summed E-state index contributed by atoms with van der Waals surface area (Å²) in [6.45, 7) is 11.1. The van der Waals surface area contributed by atoms with E-state index >= 15 is 0 Å². The molecular weight excluding hydrogens is 745 g/mol. The van der Waals surface area contributed by atoms with Crippen molar-refractivity contribution in [3.63, 3.8) is 0 Å². The predicted octanol–water partition coefficient (Wildman–Crippen LogP) is 9.57. The number of carbonyl (C=O) groups excluding carboxylic acids is 3. The highest BCUT2D eigenvalue weighted by Crippen LogP contribution is 2.33. The van der Waals surface area contributed by atoms with E-state index in [0.29, 0.717) is 69.7 Å². The maximum Gasteiger partial charge on any atom is 0.305 e. The number of hydrogen-bond acceptors (Lipinski definition) is 10. The Balaban J connectivity index is 1.87. The summed E-state index contributed by atoms with van der Waals surface area (Å²) in [6.07, 6.45) is 27.9. The van der Waals surface area contributed by atoms with E-state index in [1.165, 1.54) is 77.0 Å². The molecule has 340 valence electrons. The number of hydrogen-bond donors (Lipinski definition) is 1. The summed E-state index contributed by atoms with van der Waals surface area (Å²) < 4.78 is 11.8. The standard InChI is InChI=1S/C48H86N4O7/c1-6-9-12-14-16-18-20-22-24-28-42(54)58-39-48(40-59-43(55)29-25-23-21-19-17-15-13-10-7-2)31-37-52(38-32-48)41(53)30-36-51(34-26-11-8-3)35-27-33-49-44-45(50(4)5)47(57)46(44)56/h49H,6-40H2,1-5H3. The molecule has 2 rings (SSSR count). The lowest BCUT2D eigenvalue weighted by molar-refractivity contribution is -0.158. The van der Waals surface area contributed by atoms with Crippen molar-refractivity contribution in [3.05, 3.63) is 20.4 Å². The predicted molar refractivity (Wildman–Crippen MR) is 243 cm³/mol. The first-order valence-electron chi connectivity index (χ1n) is 24.1. The van der Waals surface area contributed by atoms with Gasteiger partial charge in [-0.25, -0.2) is 0 Å². The minimum absolute atomic E-state index is 0.112. The number of piperidine rings is 1. The normalized spacial score (nSPS) is 13.9. The molecule has 59 heavy (non-hydrogen) atoms. The summed E-state index contributed by atoms with van der Waals surface area (Å²) in [7, 11) is 3.53. The fourth-order valence-electron chi connectivity index (χ4n) is 8.15. The Kier molecular flexibility index (Phi) is 28.2. The lowest BCUT2D eigenvalue weighted by Gasteiger charge is -2.41. The summed E-state index contributed by atoms with van der Waals surface area (Å²) in [6, 6.07) is 0. The van der Waals surface area contributed by atoms with Crippen LogP contribution in [0.3, 0.4) is 0 Å². The van der Waals surface area contributed by atoms with Crippen molar-refractivity contribution in [3.8, 4) is 0 Å². The van der Waals surface area contributed by atoms with E-state index in [1.807, 2.05) is 4.90 Å². The van der Waals surface area contributed by atoms with Gasteiger partial charge in [0.05, 0.1) is 0 Å². The van der Waals surface area contributed by atoms with Crippen LogP contribution in [0.25, 0.3) is 0 Å². The fraction of sp³-hybridized carbons (Fsp3) is 0.854. The summed E-state index contributed by atoms with van der Waals surface area (Å²) in [4.78, 5) is 69.3. The first-order valence-corrected chi connectivity index (χ1v) is 24.1. The molecule has 1 fully saturated rings. The van der Waals surface area contributed by atoms with Gasteiger partial charge in [0, 0.05) is 65.0 Å². The number of carbonyl (C=O) groups is 3. The fourth-order valence-corrected chi connectivity index (χ4v) is 8.15. The molecule has 1 aliphatic heterocycles. The summed E-state index contributed by atoms with van der Waals surface area (Å²) in [5.74, 6) is -0.262. The van der Waals surface area contributed by atoms with Gasteiger partial charge in [-0.2, -0.15) is 0 Å². The van der Waals surface area contributed by atoms with E-state index in [2.05, 4.69) is 31.0 Å². The molecule has 0 spiro atoms. The third-order valence-electron chi connectivity index (χ3n) is 12.2. The van der Waals surface area contributed by atoms with Gasteiger partial charge in [-0.15, -0.1) is 0 Å². The van der Waals surface area contributed by atoms with Crippen molar-refractivity contribution in [2.75, 3.05) is 76.8 Å². The second kappa shape index (κ2) is 31.9. The van der Waals surface area contributed by atoms with Gasteiger partial charge in [0.25, 0.3) is 10.9 Å². The van der Waals surface area contributed by atoms with Crippen LogP contribution in [0.15, 0.2) is 9.59 Å². The molecule has 1 aliphatic rings. The molecule has 0 bridgehead atoms. The average molecular weight is 831 g/mol. The van der Waals surface area contributed by atoms with Crippen LogP contribution in [0, 0.1) is 5.41 Å². The highest BCUT2D eigenvalue weighted by molar-refractivity contribution is 5.76. The number of amides is 1. The molecule has 0 unspecified atom stereocenters. The maximum atomic E-state index is 13.6. The van der Waals surface area contributed by atoms with E-state index in [1.54, 1.807) is 19.0 Å². The van der Waals surface area contributed by atoms with Crippen LogP contribution < -0.4 is 21.1 Å². The first-order chi connectivity index (χ1) is 28.6. The van der Waals surface area contributed by atoms with Crippen molar-refractivity contribution < 1.29 is 23.9 Å². The van der Waals surface area contributed by atoms with Crippen LogP contribution >= 0.6 is 0 Å². The molecular formula is C48H86N4O7. The van der Waals surface area contributed by atoms with Gasteiger partial charge in [-0.1, -0.05) is 136 Å². The zero-order valence-corrected chi connectivity index (χ0v) is 38.4. The van der Waals surface area contributed by atoms with Crippen LogP contribution in [0.4, 0.5) is 11.4 Å². The topological polar surface area (TPSA) is 126 Å². The van der Waals surface area contributed by atoms with Crippen molar-refractivity contribution >= 4 is 29.2 Å². The smallest absolute Gasteiger partial charge is 0.305 e. The molecule has 0 atom stereocenters. The minimum atomic E-state index is -0.493. The zero-order valence-electron chi connectivity index (χ0n) is 38.4. The van der Waals surface area contributed by atoms with Gasteiger partial charge in [0.2, 0.25) is 5.91 Å². The van der Waals surface area contributed by atoms with E-state index in [9.17, 15) is 24.0 Å². The first kappa shape index (κ1) is 52.2. The summed E-state index contributed by atoms with van der Waals surface area (Å²) >= 11 is 0. The average Bonchev–Trinajstić information content (AvgIpc) is 3.23. The number of nitrogens with zero attached hydrogens (tertiary/aromatic N) is 3. The largest absolute Gasteiger partial charge is 0.465 e. The van der Waals surface area contributed by atoms with E-state index in [0.717, 1.165) is 77.3 Å². The van der Waals surface area contributed by atoms with Gasteiger partial charge >= 0.3 is 11.9 Å². The lowest BCUT2D eigenvalue weighted by atomic mass is 9.79. The molecule has 1 amide bonds. The second-order valence-corrected chi connectivity index (χ2v) is 17.7. The van der Waals surface area contributed by atoms with Crippen molar-refractivity contribution in [2.24, 2.45) is 5.41 Å². The maximum absolute atomic E-state index is 13.6. The number of likely N-dealkylation sites (tertiary alicyclic amines) is 1.